The smallest absolute Gasteiger partial charge is 0.0209 e. The third kappa shape index (κ3) is 4.30. The molecule has 0 aliphatic carbocycles. The maximum absolute atomic E-state index is 2.33. The molecule has 0 nitrogen and oxygen atoms in total. The molecule has 0 aromatic carbocycles. The molecular formula is C13H27P. The van der Waals surface area contributed by atoms with Gasteiger partial charge in [0.05, 0.1) is 0 Å². The molecule has 1 fully saturated rings. The van der Waals surface area contributed by atoms with E-state index in [-0.39, 0.29) is 0 Å². The Hall–Kier alpha value is 0.430. The fourth-order valence-corrected chi connectivity index (χ4v) is 5.88. The van der Waals surface area contributed by atoms with Crippen molar-refractivity contribution in [1.29, 1.82) is 0 Å². The van der Waals surface area contributed by atoms with Crippen LogP contribution in [0.25, 0.3) is 0 Å². The largest absolute Gasteiger partial charge is 0.104 e. The summed E-state index contributed by atoms with van der Waals surface area (Å²) in [5.74, 6) is 0. The second-order valence-corrected chi connectivity index (χ2v) is 7.48. The zero-order valence-electron chi connectivity index (χ0n) is 10.1. The Morgan fingerprint density at radius 1 is 1.07 bits per heavy atom. The quantitative estimate of drug-likeness (QED) is 0.545. The van der Waals surface area contributed by atoms with E-state index in [9.17, 15) is 0 Å². The molecular weight excluding hydrogens is 187 g/mol. The summed E-state index contributed by atoms with van der Waals surface area (Å²) in [7, 11) is 0.447. The Bertz CT molecular complexity index is 117. The third-order valence-electron chi connectivity index (χ3n) is 3.44. The Balaban J connectivity index is 2.26. The SMILES string of the molecule is CCCCC1CCCCP1CCCC. The average Bonchev–Trinajstić information content (AvgIpc) is 2.24. The van der Waals surface area contributed by atoms with Crippen molar-refractivity contribution in [1.82, 2.24) is 0 Å². The highest BCUT2D eigenvalue weighted by atomic mass is 31.1. The monoisotopic (exact) mass is 214 g/mol. The van der Waals surface area contributed by atoms with Gasteiger partial charge < -0.3 is 0 Å². The van der Waals surface area contributed by atoms with Crippen molar-refractivity contribution < 1.29 is 0 Å². The second-order valence-electron chi connectivity index (χ2n) is 4.68. The van der Waals surface area contributed by atoms with Crippen LogP contribution in [0.15, 0.2) is 0 Å². The van der Waals surface area contributed by atoms with Crippen molar-refractivity contribution in [3.05, 3.63) is 0 Å². The summed E-state index contributed by atoms with van der Waals surface area (Å²) in [4.78, 5) is 0. The molecule has 1 heteroatoms. The van der Waals surface area contributed by atoms with Crippen LogP contribution in [0.4, 0.5) is 0 Å². The first kappa shape index (κ1) is 12.5. The molecule has 0 spiro atoms. The molecule has 1 saturated heterocycles. The average molecular weight is 214 g/mol. The highest BCUT2D eigenvalue weighted by Crippen LogP contribution is 2.50. The van der Waals surface area contributed by atoms with Crippen molar-refractivity contribution >= 4 is 7.92 Å². The van der Waals surface area contributed by atoms with Crippen LogP contribution in [0.3, 0.4) is 0 Å². The van der Waals surface area contributed by atoms with Crippen LogP contribution in [0, 0.1) is 0 Å². The summed E-state index contributed by atoms with van der Waals surface area (Å²) in [5.41, 5.74) is 1.16. The van der Waals surface area contributed by atoms with Crippen LogP contribution in [0.5, 0.6) is 0 Å². The molecule has 0 aromatic rings. The first-order valence-corrected chi connectivity index (χ1v) is 8.40. The Morgan fingerprint density at radius 3 is 2.57 bits per heavy atom. The van der Waals surface area contributed by atoms with Crippen LogP contribution in [0.1, 0.15) is 65.2 Å². The third-order valence-corrected chi connectivity index (χ3v) is 6.77. The van der Waals surface area contributed by atoms with Crippen LogP contribution in [-0.4, -0.2) is 18.0 Å². The van der Waals surface area contributed by atoms with Gasteiger partial charge in [0.1, 0.15) is 0 Å². The Labute approximate surface area is 91.6 Å². The van der Waals surface area contributed by atoms with E-state index >= 15 is 0 Å². The van der Waals surface area contributed by atoms with Crippen LogP contribution >= 0.6 is 7.92 Å². The molecule has 2 unspecified atom stereocenters. The number of unbranched alkanes of at least 4 members (excludes halogenated alkanes) is 2. The van der Waals surface area contributed by atoms with E-state index in [1.54, 1.807) is 25.2 Å². The molecule has 0 saturated carbocycles. The standard InChI is InChI=1S/C13H27P/c1-3-5-9-13-10-7-8-12-14(13)11-6-4-2/h13H,3-12H2,1-2H3. The van der Waals surface area contributed by atoms with Crippen molar-refractivity contribution in [2.45, 2.75) is 70.9 Å². The first-order chi connectivity index (χ1) is 6.88. The zero-order valence-corrected chi connectivity index (χ0v) is 11.0. The fourth-order valence-electron chi connectivity index (χ4n) is 2.48. The van der Waals surface area contributed by atoms with Gasteiger partial charge in [-0.2, -0.15) is 0 Å². The summed E-state index contributed by atoms with van der Waals surface area (Å²) in [6.45, 7) is 4.66. The molecule has 0 amide bonds. The summed E-state index contributed by atoms with van der Waals surface area (Å²) < 4.78 is 0. The lowest BCUT2D eigenvalue weighted by Gasteiger charge is -2.32. The van der Waals surface area contributed by atoms with E-state index < -0.39 is 0 Å². The van der Waals surface area contributed by atoms with Gasteiger partial charge in [-0.1, -0.05) is 39.5 Å². The topological polar surface area (TPSA) is 0 Å². The molecule has 1 rings (SSSR count). The number of hydrogen-bond donors (Lipinski definition) is 0. The predicted molar refractivity (Wildman–Crippen MR) is 68.7 cm³/mol. The van der Waals surface area contributed by atoms with Gasteiger partial charge in [0, 0.05) is 0 Å². The first-order valence-electron chi connectivity index (χ1n) is 6.62. The molecule has 0 bridgehead atoms. The molecule has 1 aliphatic rings. The molecule has 14 heavy (non-hydrogen) atoms. The lowest BCUT2D eigenvalue weighted by molar-refractivity contribution is 0.587. The van der Waals surface area contributed by atoms with E-state index in [4.69, 9.17) is 0 Å². The van der Waals surface area contributed by atoms with Crippen LogP contribution in [0.2, 0.25) is 0 Å². The maximum Gasteiger partial charge on any atom is -0.0209 e. The lowest BCUT2D eigenvalue weighted by Crippen LogP contribution is -2.15. The van der Waals surface area contributed by atoms with Crippen LogP contribution < -0.4 is 0 Å². The predicted octanol–water partition coefficient (Wildman–Crippen LogP) is 5.01. The van der Waals surface area contributed by atoms with E-state index in [1.807, 2.05) is 0 Å². The van der Waals surface area contributed by atoms with Gasteiger partial charge in [0.25, 0.3) is 0 Å². The Kier molecular flexibility index (Phi) is 6.86. The highest BCUT2D eigenvalue weighted by molar-refractivity contribution is 7.58. The molecule has 1 aliphatic heterocycles. The summed E-state index contributed by atoms with van der Waals surface area (Å²) in [6.07, 6.45) is 15.1. The van der Waals surface area contributed by atoms with Gasteiger partial charge in [-0.05, 0) is 43.7 Å². The maximum atomic E-state index is 2.33. The molecule has 0 radical (unpaired) electrons. The van der Waals surface area contributed by atoms with Crippen molar-refractivity contribution in [3.63, 3.8) is 0 Å². The normalized spacial score (nSPS) is 27.9. The molecule has 84 valence electrons. The van der Waals surface area contributed by atoms with Crippen molar-refractivity contribution in [2.75, 3.05) is 12.3 Å². The van der Waals surface area contributed by atoms with Gasteiger partial charge in [-0.3, -0.25) is 0 Å². The van der Waals surface area contributed by atoms with Gasteiger partial charge >= 0.3 is 0 Å². The fraction of sp³-hybridized carbons (Fsp3) is 1.00. The minimum absolute atomic E-state index is 0.447. The molecule has 1 heterocycles. The lowest BCUT2D eigenvalue weighted by atomic mass is 10.1. The van der Waals surface area contributed by atoms with Gasteiger partial charge in [0.2, 0.25) is 0 Å². The zero-order chi connectivity index (χ0) is 10.2. The number of rotatable bonds is 6. The van der Waals surface area contributed by atoms with Crippen LogP contribution in [-0.2, 0) is 0 Å². The van der Waals surface area contributed by atoms with E-state index in [1.165, 1.54) is 38.5 Å². The Morgan fingerprint density at radius 2 is 1.86 bits per heavy atom. The molecule has 0 N–H and O–H groups in total. The van der Waals surface area contributed by atoms with Crippen molar-refractivity contribution in [2.24, 2.45) is 0 Å². The summed E-state index contributed by atoms with van der Waals surface area (Å²) in [5, 5.41) is 0. The van der Waals surface area contributed by atoms with Gasteiger partial charge in [0.15, 0.2) is 0 Å². The highest BCUT2D eigenvalue weighted by Gasteiger charge is 2.22. The minimum Gasteiger partial charge on any atom is -0.104 e. The van der Waals surface area contributed by atoms with E-state index in [0.717, 1.165) is 5.66 Å². The summed E-state index contributed by atoms with van der Waals surface area (Å²) in [6, 6.07) is 0. The molecule has 2 atom stereocenters. The summed E-state index contributed by atoms with van der Waals surface area (Å²) >= 11 is 0. The van der Waals surface area contributed by atoms with E-state index in [2.05, 4.69) is 13.8 Å². The van der Waals surface area contributed by atoms with Gasteiger partial charge in [-0.25, -0.2) is 0 Å². The van der Waals surface area contributed by atoms with Gasteiger partial charge in [-0.15, -0.1) is 7.92 Å². The number of hydrogen-bond acceptors (Lipinski definition) is 0. The molecule has 0 aromatic heterocycles. The second kappa shape index (κ2) is 7.69. The van der Waals surface area contributed by atoms with Crippen molar-refractivity contribution in [3.8, 4) is 0 Å². The van der Waals surface area contributed by atoms with E-state index in [0.29, 0.717) is 7.92 Å². The minimum atomic E-state index is 0.447.